The Labute approximate surface area is 90.7 Å². The Hall–Kier alpha value is -1.10. The molecule has 1 heterocycles. The standard InChI is InChI=1S/C10H20N4O/c1-5-7(2)6-14(4)10-13-12-9(15-10)8(3)11/h7-8H,5-6,11H2,1-4H3. The van der Waals surface area contributed by atoms with E-state index in [9.17, 15) is 0 Å². The van der Waals surface area contributed by atoms with Crippen LogP contribution in [0, 0.1) is 5.92 Å². The number of nitrogens with two attached hydrogens (primary N) is 1. The lowest BCUT2D eigenvalue weighted by atomic mass is 10.1. The molecule has 15 heavy (non-hydrogen) atoms. The largest absolute Gasteiger partial charge is 0.406 e. The van der Waals surface area contributed by atoms with Gasteiger partial charge in [-0.25, -0.2) is 0 Å². The second-order valence-corrected chi connectivity index (χ2v) is 4.11. The molecule has 2 N–H and O–H groups in total. The fraction of sp³-hybridized carbons (Fsp3) is 0.800. The van der Waals surface area contributed by atoms with Crippen LogP contribution in [0.2, 0.25) is 0 Å². The highest BCUT2D eigenvalue weighted by molar-refractivity contribution is 5.22. The van der Waals surface area contributed by atoms with Crippen molar-refractivity contribution in [2.75, 3.05) is 18.5 Å². The highest BCUT2D eigenvalue weighted by Crippen LogP contribution is 2.16. The lowest BCUT2D eigenvalue weighted by molar-refractivity contribution is 0.449. The lowest BCUT2D eigenvalue weighted by Gasteiger charge is -2.17. The molecule has 1 aromatic rings. The van der Waals surface area contributed by atoms with E-state index in [1.807, 2.05) is 18.9 Å². The van der Waals surface area contributed by atoms with Gasteiger partial charge in [0, 0.05) is 13.6 Å². The smallest absolute Gasteiger partial charge is 0.317 e. The Balaban J connectivity index is 2.61. The van der Waals surface area contributed by atoms with Crippen LogP contribution in [0.15, 0.2) is 4.42 Å². The van der Waals surface area contributed by atoms with E-state index in [1.165, 1.54) is 0 Å². The van der Waals surface area contributed by atoms with Crippen molar-refractivity contribution in [2.45, 2.75) is 33.2 Å². The maximum Gasteiger partial charge on any atom is 0.317 e. The highest BCUT2D eigenvalue weighted by atomic mass is 16.4. The molecule has 2 unspecified atom stereocenters. The fourth-order valence-electron chi connectivity index (χ4n) is 1.24. The molecule has 0 fully saturated rings. The van der Waals surface area contributed by atoms with Crippen molar-refractivity contribution in [1.82, 2.24) is 10.2 Å². The predicted octanol–water partition coefficient (Wildman–Crippen LogP) is 1.57. The van der Waals surface area contributed by atoms with E-state index in [0.29, 0.717) is 17.8 Å². The number of hydrogen-bond acceptors (Lipinski definition) is 5. The Bertz CT molecular complexity index is 297. The molecule has 0 aliphatic rings. The van der Waals surface area contributed by atoms with Crippen LogP contribution in [-0.4, -0.2) is 23.8 Å². The van der Waals surface area contributed by atoms with Crippen LogP contribution >= 0.6 is 0 Å². The van der Waals surface area contributed by atoms with Crippen molar-refractivity contribution in [3.8, 4) is 0 Å². The first-order chi connectivity index (χ1) is 7.04. The first-order valence-corrected chi connectivity index (χ1v) is 5.34. The first-order valence-electron chi connectivity index (χ1n) is 5.34. The number of aromatic nitrogens is 2. The molecule has 0 spiro atoms. The molecule has 2 atom stereocenters. The van der Waals surface area contributed by atoms with Crippen LogP contribution < -0.4 is 10.6 Å². The summed E-state index contributed by atoms with van der Waals surface area (Å²) in [4.78, 5) is 1.97. The summed E-state index contributed by atoms with van der Waals surface area (Å²) in [6.45, 7) is 7.10. The zero-order chi connectivity index (χ0) is 11.4. The maximum atomic E-state index is 5.64. The summed E-state index contributed by atoms with van der Waals surface area (Å²) < 4.78 is 5.43. The van der Waals surface area contributed by atoms with Gasteiger partial charge in [0.1, 0.15) is 0 Å². The molecule has 1 aromatic heterocycles. The third-order valence-corrected chi connectivity index (χ3v) is 2.43. The minimum absolute atomic E-state index is 0.205. The molecular weight excluding hydrogens is 192 g/mol. The fourth-order valence-corrected chi connectivity index (χ4v) is 1.24. The van der Waals surface area contributed by atoms with Crippen molar-refractivity contribution in [1.29, 1.82) is 0 Å². The number of nitrogens with zero attached hydrogens (tertiary/aromatic N) is 3. The molecule has 5 nitrogen and oxygen atoms in total. The van der Waals surface area contributed by atoms with Gasteiger partial charge in [-0.3, -0.25) is 0 Å². The molecule has 0 radical (unpaired) electrons. The summed E-state index contributed by atoms with van der Waals surface area (Å²) in [5.74, 6) is 1.10. The quantitative estimate of drug-likeness (QED) is 0.802. The molecule has 0 aliphatic heterocycles. The van der Waals surface area contributed by atoms with Crippen molar-refractivity contribution in [3.63, 3.8) is 0 Å². The monoisotopic (exact) mass is 212 g/mol. The lowest BCUT2D eigenvalue weighted by Crippen LogP contribution is -2.23. The second-order valence-electron chi connectivity index (χ2n) is 4.11. The summed E-state index contributed by atoms with van der Waals surface area (Å²) in [6, 6.07) is 0.339. The third-order valence-electron chi connectivity index (χ3n) is 2.43. The van der Waals surface area contributed by atoms with E-state index in [0.717, 1.165) is 13.0 Å². The second kappa shape index (κ2) is 5.11. The van der Waals surface area contributed by atoms with Crippen LogP contribution in [-0.2, 0) is 0 Å². The van der Waals surface area contributed by atoms with E-state index in [4.69, 9.17) is 10.2 Å². The Morgan fingerprint density at radius 3 is 2.53 bits per heavy atom. The topological polar surface area (TPSA) is 68.2 Å². The van der Waals surface area contributed by atoms with Gasteiger partial charge in [-0.1, -0.05) is 25.4 Å². The van der Waals surface area contributed by atoms with Gasteiger partial charge in [-0.05, 0) is 12.8 Å². The molecule has 1 rings (SSSR count). The van der Waals surface area contributed by atoms with E-state index in [1.54, 1.807) is 0 Å². The molecule has 0 amide bonds. The molecule has 5 heteroatoms. The molecule has 0 saturated heterocycles. The summed E-state index contributed by atoms with van der Waals surface area (Å²) in [5.41, 5.74) is 5.64. The molecular formula is C10H20N4O. The average Bonchev–Trinajstić information content (AvgIpc) is 2.66. The minimum atomic E-state index is -0.205. The zero-order valence-corrected chi connectivity index (χ0v) is 9.90. The van der Waals surface area contributed by atoms with Crippen LogP contribution in [0.5, 0.6) is 0 Å². The van der Waals surface area contributed by atoms with Crippen molar-refractivity contribution < 1.29 is 4.42 Å². The van der Waals surface area contributed by atoms with E-state index in [2.05, 4.69) is 24.0 Å². The normalized spacial score (nSPS) is 15.0. The van der Waals surface area contributed by atoms with Crippen LogP contribution in [0.1, 0.15) is 39.1 Å². The minimum Gasteiger partial charge on any atom is -0.406 e. The summed E-state index contributed by atoms with van der Waals surface area (Å²) in [5, 5.41) is 7.84. The van der Waals surface area contributed by atoms with E-state index < -0.39 is 0 Å². The zero-order valence-electron chi connectivity index (χ0n) is 9.90. The van der Waals surface area contributed by atoms with Gasteiger partial charge >= 0.3 is 6.01 Å². The molecule has 0 bridgehead atoms. The number of anilines is 1. The Morgan fingerprint density at radius 2 is 2.07 bits per heavy atom. The molecule has 0 aromatic carbocycles. The molecule has 0 aliphatic carbocycles. The summed E-state index contributed by atoms with van der Waals surface area (Å²) in [7, 11) is 1.95. The third kappa shape index (κ3) is 3.20. The van der Waals surface area contributed by atoms with Crippen LogP contribution in [0.3, 0.4) is 0 Å². The average molecular weight is 212 g/mol. The van der Waals surface area contributed by atoms with Gasteiger partial charge in [0.25, 0.3) is 0 Å². The van der Waals surface area contributed by atoms with E-state index in [-0.39, 0.29) is 6.04 Å². The van der Waals surface area contributed by atoms with Crippen LogP contribution in [0.25, 0.3) is 0 Å². The number of rotatable bonds is 5. The van der Waals surface area contributed by atoms with Gasteiger partial charge in [-0.15, -0.1) is 5.10 Å². The van der Waals surface area contributed by atoms with Crippen LogP contribution in [0.4, 0.5) is 6.01 Å². The van der Waals surface area contributed by atoms with Crippen molar-refractivity contribution in [2.24, 2.45) is 11.7 Å². The summed E-state index contributed by atoms with van der Waals surface area (Å²) in [6.07, 6.45) is 1.14. The molecule has 0 saturated carbocycles. The Kier molecular flexibility index (Phi) is 4.08. The van der Waals surface area contributed by atoms with Gasteiger partial charge in [0.15, 0.2) is 0 Å². The highest BCUT2D eigenvalue weighted by Gasteiger charge is 2.14. The van der Waals surface area contributed by atoms with Gasteiger partial charge in [-0.2, -0.15) is 0 Å². The van der Waals surface area contributed by atoms with Crippen molar-refractivity contribution >= 4 is 6.01 Å². The summed E-state index contributed by atoms with van der Waals surface area (Å²) >= 11 is 0. The first kappa shape index (κ1) is 12.0. The Morgan fingerprint density at radius 1 is 1.40 bits per heavy atom. The maximum absolute atomic E-state index is 5.64. The van der Waals surface area contributed by atoms with Crippen molar-refractivity contribution in [3.05, 3.63) is 5.89 Å². The van der Waals surface area contributed by atoms with E-state index >= 15 is 0 Å². The predicted molar refractivity (Wildman–Crippen MR) is 59.6 cm³/mol. The van der Waals surface area contributed by atoms with Gasteiger partial charge in [0.2, 0.25) is 5.89 Å². The number of hydrogen-bond donors (Lipinski definition) is 1. The van der Waals surface area contributed by atoms with Gasteiger partial charge < -0.3 is 15.1 Å². The molecule has 86 valence electrons. The van der Waals surface area contributed by atoms with Gasteiger partial charge in [0.05, 0.1) is 6.04 Å². The SMILES string of the molecule is CCC(C)CN(C)c1nnc(C(C)N)o1.